The number of halogens is 2. The summed E-state index contributed by atoms with van der Waals surface area (Å²) in [6.07, 6.45) is 5.00. The van der Waals surface area contributed by atoms with Gasteiger partial charge in [0.25, 0.3) is 9.05 Å². The fourth-order valence-electron chi connectivity index (χ4n) is 0.911. The van der Waals surface area contributed by atoms with Crippen molar-refractivity contribution in [2.45, 2.75) is 4.90 Å². The van der Waals surface area contributed by atoms with Gasteiger partial charge in [-0.3, -0.25) is 0 Å². The summed E-state index contributed by atoms with van der Waals surface area (Å²) in [7, 11) is 1.40. The average molecular weight is 310 g/mol. The third-order valence-electron chi connectivity index (χ3n) is 1.48. The Morgan fingerprint density at radius 1 is 1.53 bits per heavy atom. The summed E-state index contributed by atoms with van der Waals surface area (Å²) in [5, 5.41) is 0. The molecule has 15 heavy (non-hydrogen) atoms. The van der Waals surface area contributed by atoms with Crippen LogP contribution >= 0.6 is 26.6 Å². The van der Waals surface area contributed by atoms with Crippen LogP contribution in [0.4, 0.5) is 0 Å². The lowest BCUT2D eigenvalue weighted by molar-refractivity contribution is 0.360. The first-order valence-corrected chi connectivity index (χ1v) is 6.86. The Morgan fingerprint density at radius 2 is 2.20 bits per heavy atom. The number of benzene rings is 1. The molecule has 1 aromatic carbocycles. The minimum Gasteiger partial charge on any atom is -0.480 e. The zero-order valence-electron chi connectivity index (χ0n) is 7.41. The molecule has 0 amide bonds. The lowest BCUT2D eigenvalue weighted by atomic mass is 10.3. The number of hydrogen-bond acceptors (Lipinski definition) is 3. The van der Waals surface area contributed by atoms with E-state index in [0.29, 0.717) is 4.47 Å². The number of ether oxygens (including phenoxy) is 1. The van der Waals surface area contributed by atoms with Crippen LogP contribution in [-0.2, 0) is 9.05 Å². The first-order valence-electron chi connectivity index (χ1n) is 3.75. The van der Waals surface area contributed by atoms with E-state index in [9.17, 15) is 8.42 Å². The van der Waals surface area contributed by atoms with Crippen LogP contribution in [-0.4, -0.2) is 15.0 Å². The zero-order chi connectivity index (χ0) is 11.5. The molecule has 0 bridgehead atoms. The van der Waals surface area contributed by atoms with Crippen molar-refractivity contribution >= 4 is 35.7 Å². The van der Waals surface area contributed by atoms with Crippen LogP contribution in [0.15, 0.2) is 27.6 Å². The van der Waals surface area contributed by atoms with E-state index in [1.54, 1.807) is 6.07 Å². The lowest BCUT2D eigenvalue weighted by Gasteiger charge is -2.07. The van der Waals surface area contributed by atoms with Crippen LogP contribution in [0.5, 0.6) is 5.75 Å². The molecule has 0 aliphatic heterocycles. The van der Waals surface area contributed by atoms with Crippen LogP contribution in [0.25, 0.3) is 0 Å². The van der Waals surface area contributed by atoms with Gasteiger partial charge in [0.05, 0.1) is 0 Å². The van der Waals surface area contributed by atoms with E-state index in [0.717, 1.165) is 0 Å². The highest BCUT2D eigenvalue weighted by atomic mass is 79.9. The molecule has 0 fully saturated rings. The van der Waals surface area contributed by atoms with Crippen molar-refractivity contribution in [3.05, 3.63) is 22.7 Å². The Kier molecular flexibility index (Phi) is 4.03. The Bertz CT molecular complexity index is 505. The van der Waals surface area contributed by atoms with E-state index >= 15 is 0 Å². The van der Waals surface area contributed by atoms with E-state index in [2.05, 4.69) is 21.9 Å². The molecule has 0 spiro atoms. The number of terminal acetylenes is 1. The highest BCUT2D eigenvalue weighted by Gasteiger charge is 2.17. The van der Waals surface area contributed by atoms with Gasteiger partial charge in [-0.25, -0.2) is 8.42 Å². The molecule has 0 atom stereocenters. The van der Waals surface area contributed by atoms with E-state index in [1.807, 2.05) is 0 Å². The van der Waals surface area contributed by atoms with E-state index < -0.39 is 9.05 Å². The molecule has 0 unspecified atom stereocenters. The fraction of sp³-hybridized carbons (Fsp3) is 0.111. The highest BCUT2D eigenvalue weighted by Crippen LogP contribution is 2.29. The van der Waals surface area contributed by atoms with Gasteiger partial charge >= 0.3 is 0 Å². The van der Waals surface area contributed by atoms with Gasteiger partial charge in [-0.2, -0.15) is 0 Å². The molecule has 0 radical (unpaired) electrons. The fourth-order valence-corrected chi connectivity index (χ4v) is 2.42. The predicted octanol–water partition coefficient (Wildman–Crippen LogP) is 2.39. The van der Waals surface area contributed by atoms with E-state index in [-0.39, 0.29) is 17.3 Å². The molecule has 0 N–H and O–H groups in total. The Morgan fingerprint density at radius 3 is 2.73 bits per heavy atom. The minimum absolute atomic E-state index is 0.0129. The third kappa shape index (κ3) is 3.42. The molecule has 0 aromatic heterocycles. The van der Waals surface area contributed by atoms with Gasteiger partial charge in [-0.15, -0.1) is 6.42 Å². The first-order chi connectivity index (χ1) is 6.95. The summed E-state index contributed by atoms with van der Waals surface area (Å²) in [5.41, 5.74) is 0. The monoisotopic (exact) mass is 308 g/mol. The van der Waals surface area contributed by atoms with Gasteiger partial charge in [0.2, 0.25) is 0 Å². The topological polar surface area (TPSA) is 43.4 Å². The molecule has 0 aliphatic carbocycles. The Balaban J connectivity index is 3.22. The molecule has 1 aromatic rings. The molecule has 80 valence electrons. The van der Waals surface area contributed by atoms with Gasteiger partial charge < -0.3 is 4.74 Å². The van der Waals surface area contributed by atoms with Gasteiger partial charge in [-0.1, -0.05) is 21.9 Å². The number of hydrogen-bond donors (Lipinski definition) is 0. The molecule has 1 rings (SSSR count). The van der Waals surface area contributed by atoms with Crippen molar-refractivity contribution in [2.75, 3.05) is 6.61 Å². The van der Waals surface area contributed by atoms with Crippen LogP contribution in [0.1, 0.15) is 0 Å². The van der Waals surface area contributed by atoms with E-state index in [1.165, 1.54) is 12.1 Å². The van der Waals surface area contributed by atoms with Crippen molar-refractivity contribution in [3.8, 4) is 18.1 Å². The summed E-state index contributed by atoms with van der Waals surface area (Å²) in [6, 6.07) is 4.47. The van der Waals surface area contributed by atoms with Gasteiger partial charge in [0.15, 0.2) is 0 Å². The third-order valence-corrected chi connectivity index (χ3v) is 3.32. The minimum atomic E-state index is -3.84. The maximum absolute atomic E-state index is 11.2. The van der Waals surface area contributed by atoms with Crippen molar-refractivity contribution in [1.29, 1.82) is 0 Å². The summed E-state index contributed by atoms with van der Waals surface area (Å²) < 4.78 is 28.0. The SMILES string of the molecule is C#CCOc1ccc(Br)cc1S(=O)(=O)Cl. The molecule has 0 saturated heterocycles. The second kappa shape index (κ2) is 4.88. The quantitative estimate of drug-likeness (QED) is 0.636. The lowest BCUT2D eigenvalue weighted by Crippen LogP contribution is -2.00. The summed E-state index contributed by atoms with van der Waals surface area (Å²) >= 11 is 3.14. The summed E-state index contributed by atoms with van der Waals surface area (Å²) in [6.45, 7) is -0.0129. The Labute approximate surface area is 101 Å². The predicted molar refractivity (Wildman–Crippen MR) is 61.5 cm³/mol. The van der Waals surface area contributed by atoms with Gasteiger partial charge in [0.1, 0.15) is 17.3 Å². The smallest absolute Gasteiger partial charge is 0.265 e. The molecule has 3 nitrogen and oxygen atoms in total. The maximum atomic E-state index is 11.2. The average Bonchev–Trinajstić information content (AvgIpc) is 2.14. The number of rotatable bonds is 3. The standard InChI is InChI=1S/C9H6BrClO3S/c1-2-5-14-8-4-3-7(10)6-9(8)15(11,12)13/h1,3-4,6H,5H2. The van der Waals surface area contributed by atoms with Crippen LogP contribution in [0, 0.1) is 12.3 Å². The van der Waals surface area contributed by atoms with Gasteiger partial charge in [-0.05, 0) is 18.2 Å². The molecule has 0 aliphatic rings. The molecular weight excluding hydrogens is 304 g/mol. The van der Waals surface area contributed by atoms with Crippen molar-refractivity contribution in [2.24, 2.45) is 0 Å². The van der Waals surface area contributed by atoms with Crippen molar-refractivity contribution in [1.82, 2.24) is 0 Å². The second-order valence-corrected chi connectivity index (χ2v) is 5.97. The van der Waals surface area contributed by atoms with Crippen LogP contribution < -0.4 is 4.74 Å². The molecule has 0 saturated carbocycles. The van der Waals surface area contributed by atoms with E-state index in [4.69, 9.17) is 21.8 Å². The summed E-state index contributed by atoms with van der Waals surface area (Å²) in [5.74, 6) is 2.38. The molecule has 6 heteroatoms. The van der Waals surface area contributed by atoms with Crippen LogP contribution in [0.3, 0.4) is 0 Å². The largest absolute Gasteiger partial charge is 0.480 e. The van der Waals surface area contributed by atoms with Gasteiger partial charge in [0, 0.05) is 15.2 Å². The zero-order valence-corrected chi connectivity index (χ0v) is 10.6. The van der Waals surface area contributed by atoms with Crippen molar-refractivity contribution < 1.29 is 13.2 Å². The maximum Gasteiger partial charge on any atom is 0.265 e. The van der Waals surface area contributed by atoms with Crippen molar-refractivity contribution in [3.63, 3.8) is 0 Å². The first kappa shape index (κ1) is 12.4. The highest BCUT2D eigenvalue weighted by molar-refractivity contribution is 9.10. The summed E-state index contributed by atoms with van der Waals surface area (Å²) in [4.78, 5) is -0.103. The molecular formula is C9H6BrClO3S. The Hall–Kier alpha value is -0.700. The molecule has 0 heterocycles. The normalized spacial score (nSPS) is 10.7. The van der Waals surface area contributed by atoms with Crippen LogP contribution in [0.2, 0.25) is 0 Å². The second-order valence-electron chi connectivity index (χ2n) is 2.52.